The van der Waals surface area contributed by atoms with Gasteiger partial charge in [-0.15, -0.1) is 0 Å². The summed E-state index contributed by atoms with van der Waals surface area (Å²) in [4.78, 5) is 11.8. The summed E-state index contributed by atoms with van der Waals surface area (Å²) in [5, 5.41) is 6.51. The van der Waals surface area contributed by atoms with Crippen LogP contribution in [0.3, 0.4) is 0 Å². The smallest absolute Gasteiger partial charge is 0.221 e. The van der Waals surface area contributed by atoms with Crippen molar-refractivity contribution < 1.29 is 9.53 Å². The van der Waals surface area contributed by atoms with E-state index in [0.717, 1.165) is 39.0 Å². The van der Waals surface area contributed by atoms with Crippen molar-refractivity contribution in [2.75, 3.05) is 19.8 Å². The van der Waals surface area contributed by atoms with Crippen LogP contribution in [0.5, 0.6) is 0 Å². The van der Waals surface area contributed by atoms with Gasteiger partial charge in [0.05, 0.1) is 0 Å². The standard InChI is InChI=1S/C12H22N2O2/c15-12(9-11-3-1-2-6-13-11)14-10-4-7-16-8-5-10/h10-11,13H,1-9H2,(H,14,15). The fourth-order valence-corrected chi connectivity index (χ4v) is 2.45. The van der Waals surface area contributed by atoms with Gasteiger partial charge in [-0.2, -0.15) is 0 Å². The Hall–Kier alpha value is -0.610. The lowest BCUT2D eigenvalue weighted by atomic mass is 10.0. The molecule has 2 rings (SSSR count). The van der Waals surface area contributed by atoms with Crippen LogP contribution in [-0.4, -0.2) is 37.7 Å². The maximum atomic E-state index is 11.8. The Bertz CT molecular complexity index is 199. The van der Waals surface area contributed by atoms with Crippen LogP contribution in [-0.2, 0) is 9.53 Å². The predicted octanol–water partition coefficient (Wildman–Crippen LogP) is 0.814. The monoisotopic (exact) mass is 226 g/mol. The van der Waals surface area contributed by atoms with E-state index in [9.17, 15) is 4.79 Å². The summed E-state index contributed by atoms with van der Waals surface area (Å²) in [5.74, 6) is 0.200. The largest absolute Gasteiger partial charge is 0.381 e. The van der Waals surface area contributed by atoms with Gasteiger partial charge in [0.2, 0.25) is 5.91 Å². The van der Waals surface area contributed by atoms with E-state index in [-0.39, 0.29) is 5.91 Å². The van der Waals surface area contributed by atoms with Gasteiger partial charge >= 0.3 is 0 Å². The number of carbonyl (C=O) groups excluding carboxylic acids is 1. The third kappa shape index (κ3) is 3.76. The fraction of sp³-hybridized carbons (Fsp3) is 0.917. The highest BCUT2D eigenvalue weighted by molar-refractivity contribution is 5.76. The Morgan fingerprint density at radius 1 is 1.25 bits per heavy atom. The molecule has 4 nitrogen and oxygen atoms in total. The van der Waals surface area contributed by atoms with Crippen LogP contribution in [0.2, 0.25) is 0 Å². The van der Waals surface area contributed by atoms with E-state index in [0.29, 0.717) is 18.5 Å². The molecule has 2 aliphatic rings. The number of piperidine rings is 1. The maximum absolute atomic E-state index is 11.8. The van der Waals surface area contributed by atoms with Crippen LogP contribution >= 0.6 is 0 Å². The van der Waals surface area contributed by atoms with Crippen molar-refractivity contribution >= 4 is 5.91 Å². The van der Waals surface area contributed by atoms with Crippen LogP contribution < -0.4 is 10.6 Å². The summed E-state index contributed by atoms with van der Waals surface area (Å²) >= 11 is 0. The molecule has 92 valence electrons. The number of carbonyl (C=O) groups is 1. The van der Waals surface area contributed by atoms with Crippen molar-refractivity contribution in [3.8, 4) is 0 Å². The molecule has 4 heteroatoms. The van der Waals surface area contributed by atoms with Crippen molar-refractivity contribution in [1.29, 1.82) is 0 Å². The number of ether oxygens (including phenoxy) is 1. The Morgan fingerprint density at radius 2 is 2.06 bits per heavy atom. The summed E-state index contributed by atoms with van der Waals surface area (Å²) in [7, 11) is 0. The highest BCUT2D eigenvalue weighted by atomic mass is 16.5. The molecule has 2 aliphatic heterocycles. The lowest BCUT2D eigenvalue weighted by Gasteiger charge is -2.26. The molecule has 1 unspecified atom stereocenters. The second kappa shape index (κ2) is 6.21. The van der Waals surface area contributed by atoms with Gasteiger partial charge in [-0.1, -0.05) is 6.42 Å². The van der Waals surface area contributed by atoms with Crippen molar-refractivity contribution in [1.82, 2.24) is 10.6 Å². The Balaban J connectivity index is 1.66. The number of nitrogens with one attached hydrogen (secondary N) is 2. The molecular weight excluding hydrogens is 204 g/mol. The molecule has 2 N–H and O–H groups in total. The van der Waals surface area contributed by atoms with Gasteiger partial charge in [-0.25, -0.2) is 0 Å². The molecule has 0 bridgehead atoms. The zero-order chi connectivity index (χ0) is 11.2. The minimum absolute atomic E-state index is 0.200. The SMILES string of the molecule is O=C(CC1CCCCN1)NC1CCOCC1. The summed E-state index contributed by atoms with van der Waals surface area (Å²) in [6, 6.07) is 0.735. The predicted molar refractivity (Wildman–Crippen MR) is 62.2 cm³/mol. The number of hydrogen-bond acceptors (Lipinski definition) is 3. The normalized spacial score (nSPS) is 27.6. The molecule has 0 aromatic carbocycles. The number of amides is 1. The summed E-state index contributed by atoms with van der Waals surface area (Å²) in [6.45, 7) is 2.63. The quantitative estimate of drug-likeness (QED) is 0.749. The van der Waals surface area contributed by atoms with E-state index >= 15 is 0 Å². The number of rotatable bonds is 3. The number of hydrogen-bond donors (Lipinski definition) is 2. The Labute approximate surface area is 97.1 Å². The molecule has 2 fully saturated rings. The van der Waals surface area contributed by atoms with Gasteiger partial charge in [0, 0.05) is 31.7 Å². The van der Waals surface area contributed by atoms with E-state index in [1.165, 1.54) is 12.8 Å². The first-order valence-electron chi connectivity index (χ1n) is 6.45. The van der Waals surface area contributed by atoms with Gasteiger partial charge in [0.1, 0.15) is 0 Å². The molecule has 1 atom stereocenters. The molecule has 0 aliphatic carbocycles. The molecule has 2 heterocycles. The van der Waals surface area contributed by atoms with Gasteiger partial charge in [-0.3, -0.25) is 4.79 Å². The van der Waals surface area contributed by atoms with Crippen LogP contribution in [0.25, 0.3) is 0 Å². The van der Waals surface area contributed by atoms with Crippen LogP contribution in [0, 0.1) is 0 Å². The minimum Gasteiger partial charge on any atom is -0.381 e. The van der Waals surface area contributed by atoms with Crippen molar-refractivity contribution in [2.24, 2.45) is 0 Å². The van der Waals surface area contributed by atoms with E-state index in [1.54, 1.807) is 0 Å². The third-order valence-electron chi connectivity index (χ3n) is 3.43. The Kier molecular flexibility index (Phi) is 4.60. The van der Waals surface area contributed by atoms with Crippen LogP contribution in [0.1, 0.15) is 38.5 Å². The zero-order valence-corrected chi connectivity index (χ0v) is 9.84. The first-order chi connectivity index (χ1) is 7.84. The van der Waals surface area contributed by atoms with Crippen molar-refractivity contribution in [3.63, 3.8) is 0 Å². The molecule has 2 saturated heterocycles. The maximum Gasteiger partial charge on any atom is 0.221 e. The molecule has 16 heavy (non-hydrogen) atoms. The topological polar surface area (TPSA) is 50.4 Å². The minimum atomic E-state index is 0.200. The zero-order valence-electron chi connectivity index (χ0n) is 9.84. The first-order valence-corrected chi connectivity index (χ1v) is 6.45. The molecule has 0 aromatic rings. The lowest BCUT2D eigenvalue weighted by Crippen LogP contribution is -2.43. The third-order valence-corrected chi connectivity index (χ3v) is 3.43. The second-order valence-electron chi connectivity index (χ2n) is 4.81. The van der Waals surface area contributed by atoms with Gasteiger partial charge in [0.15, 0.2) is 0 Å². The highest BCUT2D eigenvalue weighted by Crippen LogP contribution is 2.11. The van der Waals surface area contributed by atoms with Gasteiger partial charge < -0.3 is 15.4 Å². The van der Waals surface area contributed by atoms with Gasteiger partial charge in [0.25, 0.3) is 0 Å². The molecular formula is C12H22N2O2. The summed E-state index contributed by atoms with van der Waals surface area (Å²) in [6.07, 6.45) is 6.20. The van der Waals surface area contributed by atoms with E-state index < -0.39 is 0 Å². The van der Waals surface area contributed by atoms with Crippen molar-refractivity contribution in [3.05, 3.63) is 0 Å². The van der Waals surface area contributed by atoms with Gasteiger partial charge in [-0.05, 0) is 32.2 Å². The first kappa shape index (κ1) is 11.9. The van der Waals surface area contributed by atoms with E-state index in [1.807, 2.05) is 0 Å². The average molecular weight is 226 g/mol. The average Bonchev–Trinajstić information content (AvgIpc) is 2.31. The van der Waals surface area contributed by atoms with Crippen molar-refractivity contribution in [2.45, 2.75) is 50.6 Å². The molecule has 0 saturated carbocycles. The fourth-order valence-electron chi connectivity index (χ4n) is 2.45. The summed E-state index contributed by atoms with van der Waals surface area (Å²) in [5.41, 5.74) is 0. The molecule has 0 radical (unpaired) electrons. The van der Waals surface area contributed by atoms with E-state index in [2.05, 4.69) is 10.6 Å². The van der Waals surface area contributed by atoms with E-state index in [4.69, 9.17) is 4.74 Å². The molecule has 0 spiro atoms. The Morgan fingerprint density at radius 3 is 2.75 bits per heavy atom. The van der Waals surface area contributed by atoms with Crippen LogP contribution in [0.4, 0.5) is 0 Å². The summed E-state index contributed by atoms with van der Waals surface area (Å²) < 4.78 is 5.27. The molecule has 1 amide bonds. The molecule has 0 aromatic heterocycles. The highest BCUT2D eigenvalue weighted by Gasteiger charge is 2.20. The lowest BCUT2D eigenvalue weighted by molar-refractivity contribution is -0.123. The van der Waals surface area contributed by atoms with Crippen LogP contribution in [0.15, 0.2) is 0 Å². The second-order valence-corrected chi connectivity index (χ2v) is 4.81.